The first kappa shape index (κ1) is 11.8. The number of aliphatic hydroxyl groups excluding tert-OH is 1. The Balaban J connectivity index is 2.69. The van der Waals surface area contributed by atoms with Gasteiger partial charge in [-0.1, -0.05) is 6.07 Å². The second kappa shape index (κ2) is 6.27. The molecule has 4 nitrogen and oxygen atoms in total. The first-order chi connectivity index (χ1) is 7.31. The van der Waals surface area contributed by atoms with Gasteiger partial charge in [0.15, 0.2) is 11.5 Å². The van der Waals surface area contributed by atoms with E-state index in [1.165, 1.54) is 0 Å². The summed E-state index contributed by atoms with van der Waals surface area (Å²) >= 11 is 0. The number of benzene rings is 1. The van der Waals surface area contributed by atoms with E-state index in [-0.39, 0.29) is 6.61 Å². The minimum Gasteiger partial charge on any atom is -0.493 e. The summed E-state index contributed by atoms with van der Waals surface area (Å²) in [6, 6.07) is 5.33. The average Bonchev–Trinajstić information content (AvgIpc) is 2.29. The maximum absolute atomic E-state index is 8.95. The van der Waals surface area contributed by atoms with Crippen LogP contribution in [0, 0.1) is 0 Å². The van der Waals surface area contributed by atoms with Crippen molar-refractivity contribution in [2.45, 2.75) is 6.61 Å². The van der Waals surface area contributed by atoms with Crippen molar-refractivity contribution >= 4 is 0 Å². The summed E-state index contributed by atoms with van der Waals surface area (Å²) in [5, 5.41) is 8.95. The fraction of sp³-hybridized carbons (Fsp3) is 0.455. The molecule has 0 unspecified atom stereocenters. The molecule has 0 saturated carbocycles. The highest BCUT2D eigenvalue weighted by Gasteiger charge is 2.04. The van der Waals surface area contributed by atoms with Gasteiger partial charge in [0, 0.05) is 7.11 Å². The van der Waals surface area contributed by atoms with E-state index in [4.69, 9.17) is 19.3 Å². The van der Waals surface area contributed by atoms with Gasteiger partial charge in [0.1, 0.15) is 6.61 Å². The molecule has 0 aliphatic carbocycles. The molecule has 0 saturated heterocycles. The third kappa shape index (κ3) is 3.42. The Labute approximate surface area is 89.4 Å². The van der Waals surface area contributed by atoms with E-state index in [1.54, 1.807) is 32.4 Å². The molecule has 1 N–H and O–H groups in total. The SMILES string of the molecule is COCCOc1ccc(CO)cc1OC. The van der Waals surface area contributed by atoms with Crippen LogP contribution in [0.3, 0.4) is 0 Å². The van der Waals surface area contributed by atoms with Crippen molar-refractivity contribution in [3.63, 3.8) is 0 Å². The third-order valence-corrected chi connectivity index (χ3v) is 1.96. The van der Waals surface area contributed by atoms with Gasteiger partial charge in [0.05, 0.1) is 20.3 Å². The lowest BCUT2D eigenvalue weighted by Crippen LogP contribution is -2.05. The summed E-state index contributed by atoms with van der Waals surface area (Å²) < 4.78 is 15.5. The van der Waals surface area contributed by atoms with Crippen molar-refractivity contribution in [2.24, 2.45) is 0 Å². The predicted octanol–water partition coefficient (Wildman–Crippen LogP) is 1.21. The lowest BCUT2D eigenvalue weighted by atomic mass is 10.2. The first-order valence-electron chi connectivity index (χ1n) is 4.71. The third-order valence-electron chi connectivity index (χ3n) is 1.96. The Morgan fingerprint density at radius 2 is 1.93 bits per heavy atom. The van der Waals surface area contributed by atoms with Gasteiger partial charge in [0.2, 0.25) is 0 Å². The predicted molar refractivity (Wildman–Crippen MR) is 56.3 cm³/mol. The van der Waals surface area contributed by atoms with Crippen LogP contribution in [0.1, 0.15) is 5.56 Å². The Morgan fingerprint density at radius 1 is 1.13 bits per heavy atom. The molecule has 1 aromatic rings. The summed E-state index contributed by atoms with van der Waals surface area (Å²) in [5.41, 5.74) is 0.797. The van der Waals surface area contributed by atoms with Crippen LogP contribution in [-0.4, -0.2) is 32.5 Å². The molecule has 0 aliphatic rings. The van der Waals surface area contributed by atoms with E-state index in [0.29, 0.717) is 24.7 Å². The Hall–Kier alpha value is -1.26. The smallest absolute Gasteiger partial charge is 0.161 e. The highest BCUT2D eigenvalue weighted by Crippen LogP contribution is 2.27. The lowest BCUT2D eigenvalue weighted by Gasteiger charge is -2.11. The maximum Gasteiger partial charge on any atom is 0.161 e. The zero-order valence-electron chi connectivity index (χ0n) is 9.03. The summed E-state index contributed by atoms with van der Waals surface area (Å²) in [6.07, 6.45) is 0. The number of hydrogen-bond acceptors (Lipinski definition) is 4. The Bertz CT molecular complexity index is 299. The molecule has 0 heterocycles. The topological polar surface area (TPSA) is 47.9 Å². The van der Waals surface area contributed by atoms with Crippen molar-refractivity contribution in [1.82, 2.24) is 0 Å². The van der Waals surface area contributed by atoms with Gasteiger partial charge in [-0.15, -0.1) is 0 Å². The summed E-state index contributed by atoms with van der Waals surface area (Å²) in [7, 11) is 3.19. The number of hydrogen-bond donors (Lipinski definition) is 1. The molecule has 15 heavy (non-hydrogen) atoms. The van der Waals surface area contributed by atoms with Crippen molar-refractivity contribution in [2.75, 3.05) is 27.4 Å². The molecule has 4 heteroatoms. The maximum atomic E-state index is 8.95. The van der Waals surface area contributed by atoms with Crippen molar-refractivity contribution in [1.29, 1.82) is 0 Å². The van der Waals surface area contributed by atoms with Crippen LogP contribution in [-0.2, 0) is 11.3 Å². The van der Waals surface area contributed by atoms with Crippen molar-refractivity contribution < 1.29 is 19.3 Å². The standard InChI is InChI=1S/C11H16O4/c1-13-5-6-15-10-4-3-9(8-12)7-11(10)14-2/h3-4,7,12H,5-6,8H2,1-2H3. The summed E-state index contributed by atoms with van der Waals surface area (Å²) in [6.45, 7) is 1.00. The molecule has 84 valence electrons. The van der Waals surface area contributed by atoms with Crippen LogP contribution in [0.2, 0.25) is 0 Å². The van der Waals surface area contributed by atoms with Crippen LogP contribution in [0.25, 0.3) is 0 Å². The summed E-state index contributed by atoms with van der Waals surface area (Å²) in [5.74, 6) is 1.28. The van der Waals surface area contributed by atoms with Gasteiger partial charge in [-0.2, -0.15) is 0 Å². The van der Waals surface area contributed by atoms with Gasteiger partial charge in [-0.3, -0.25) is 0 Å². The molecule has 0 spiro atoms. The largest absolute Gasteiger partial charge is 0.493 e. The van der Waals surface area contributed by atoms with E-state index in [0.717, 1.165) is 5.56 Å². The van der Waals surface area contributed by atoms with E-state index >= 15 is 0 Å². The molecular weight excluding hydrogens is 196 g/mol. The van der Waals surface area contributed by atoms with Gasteiger partial charge < -0.3 is 19.3 Å². The monoisotopic (exact) mass is 212 g/mol. The normalized spacial score (nSPS) is 10.1. The first-order valence-corrected chi connectivity index (χ1v) is 4.71. The number of aliphatic hydroxyl groups is 1. The van der Waals surface area contributed by atoms with Crippen LogP contribution in [0.4, 0.5) is 0 Å². The molecular formula is C11H16O4. The Morgan fingerprint density at radius 3 is 2.53 bits per heavy atom. The van der Waals surface area contributed by atoms with Gasteiger partial charge in [-0.25, -0.2) is 0 Å². The molecule has 0 fully saturated rings. The fourth-order valence-corrected chi connectivity index (χ4v) is 1.16. The van der Waals surface area contributed by atoms with E-state index in [2.05, 4.69) is 0 Å². The minimum absolute atomic E-state index is 0.00525. The quantitative estimate of drug-likeness (QED) is 0.720. The molecule has 0 aromatic heterocycles. The van der Waals surface area contributed by atoms with Crippen LogP contribution in [0.15, 0.2) is 18.2 Å². The second-order valence-corrected chi connectivity index (χ2v) is 2.98. The zero-order valence-corrected chi connectivity index (χ0v) is 9.03. The van der Waals surface area contributed by atoms with Gasteiger partial charge >= 0.3 is 0 Å². The molecule has 0 bridgehead atoms. The van der Waals surface area contributed by atoms with Crippen LogP contribution >= 0.6 is 0 Å². The zero-order chi connectivity index (χ0) is 11.1. The van der Waals surface area contributed by atoms with Crippen LogP contribution < -0.4 is 9.47 Å². The lowest BCUT2D eigenvalue weighted by molar-refractivity contribution is 0.144. The van der Waals surface area contributed by atoms with Crippen LogP contribution in [0.5, 0.6) is 11.5 Å². The number of rotatable bonds is 6. The number of ether oxygens (including phenoxy) is 3. The Kier molecular flexibility index (Phi) is 4.93. The second-order valence-electron chi connectivity index (χ2n) is 2.98. The molecule has 1 aromatic carbocycles. The molecule has 0 amide bonds. The van der Waals surface area contributed by atoms with E-state index in [9.17, 15) is 0 Å². The van der Waals surface area contributed by atoms with E-state index < -0.39 is 0 Å². The summed E-state index contributed by atoms with van der Waals surface area (Å²) in [4.78, 5) is 0. The molecule has 0 aliphatic heterocycles. The van der Waals surface area contributed by atoms with Crippen molar-refractivity contribution in [3.05, 3.63) is 23.8 Å². The average molecular weight is 212 g/mol. The highest BCUT2D eigenvalue weighted by atomic mass is 16.5. The number of methoxy groups -OCH3 is 2. The van der Waals surface area contributed by atoms with Gasteiger partial charge in [-0.05, 0) is 17.7 Å². The molecule has 0 radical (unpaired) electrons. The van der Waals surface area contributed by atoms with E-state index in [1.807, 2.05) is 0 Å². The van der Waals surface area contributed by atoms with Crippen molar-refractivity contribution in [3.8, 4) is 11.5 Å². The molecule has 1 rings (SSSR count). The molecule has 0 atom stereocenters. The van der Waals surface area contributed by atoms with Gasteiger partial charge in [0.25, 0.3) is 0 Å². The minimum atomic E-state index is -0.00525. The fourth-order valence-electron chi connectivity index (χ4n) is 1.16. The highest BCUT2D eigenvalue weighted by molar-refractivity contribution is 5.42.